The third-order valence-electron chi connectivity index (χ3n) is 9.76. The second-order valence-corrected chi connectivity index (χ2v) is 13.6. The van der Waals surface area contributed by atoms with E-state index in [1.54, 1.807) is 11.3 Å². The Morgan fingerprint density at radius 2 is 1.31 bits per heavy atom. The third kappa shape index (κ3) is 4.24. The molecule has 9 aromatic rings. The van der Waals surface area contributed by atoms with E-state index in [9.17, 15) is 0 Å². The SMILES string of the molecule is [2H]c1nc([2H])c(-c2cc3c4c(c2)N(c2ccccc2)c2c(sc5ccc(-c6c([2H])c([2H])c([2H])c([2H])c6[2H])cc25)B4c2c(oc4ccccc24)N3c2ccccc2)c([2H])c1[2H]. The zero-order valence-electron chi connectivity index (χ0n) is 35.7. The molecule has 2 aliphatic heterocycles. The first-order chi connectivity index (χ1) is 29.0. The number of rotatable bonds is 4. The van der Waals surface area contributed by atoms with Crippen molar-refractivity contribution in [2.75, 3.05) is 9.80 Å². The van der Waals surface area contributed by atoms with Gasteiger partial charge >= 0.3 is 0 Å². The first-order valence-corrected chi connectivity index (χ1v) is 17.3. The third-order valence-corrected chi connectivity index (χ3v) is 11.0. The van der Waals surface area contributed by atoms with E-state index in [0.29, 0.717) is 22.6 Å². The van der Waals surface area contributed by atoms with Crippen molar-refractivity contribution in [3.63, 3.8) is 0 Å². The molecular formula is C45H28BN3OS. The van der Waals surface area contributed by atoms with E-state index >= 15 is 0 Å². The predicted molar refractivity (Wildman–Crippen MR) is 214 cm³/mol. The molecule has 5 heterocycles. The predicted octanol–water partition coefficient (Wildman–Crippen LogP) is 10.5. The van der Waals surface area contributed by atoms with Crippen LogP contribution in [0.3, 0.4) is 0 Å². The number of hydrogen-bond donors (Lipinski definition) is 0. The summed E-state index contributed by atoms with van der Waals surface area (Å²) in [6.45, 7) is -0.384. The van der Waals surface area contributed by atoms with Crippen LogP contribution in [0.4, 0.5) is 34.3 Å². The Hall–Kier alpha value is -6.37. The Bertz CT molecular complexity index is 3280. The van der Waals surface area contributed by atoms with Gasteiger partial charge < -0.3 is 9.32 Å². The van der Waals surface area contributed by atoms with Crippen molar-refractivity contribution in [3.8, 4) is 22.3 Å². The highest BCUT2D eigenvalue weighted by Crippen LogP contribution is 2.50. The zero-order chi connectivity index (χ0) is 41.3. The fraction of sp³-hybridized carbons (Fsp3) is 0. The van der Waals surface area contributed by atoms with Gasteiger partial charge in [0, 0.05) is 66.4 Å². The Morgan fingerprint density at radius 1 is 0.608 bits per heavy atom. The lowest BCUT2D eigenvalue weighted by Crippen LogP contribution is -2.60. The van der Waals surface area contributed by atoms with E-state index in [2.05, 4.69) is 20.9 Å². The first kappa shape index (κ1) is 21.0. The smallest absolute Gasteiger partial charge is 0.269 e. The van der Waals surface area contributed by atoms with Crippen LogP contribution >= 0.6 is 11.3 Å². The van der Waals surface area contributed by atoms with E-state index in [4.69, 9.17) is 16.8 Å². The Labute approximate surface area is 312 Å². The number of anilines is 6. The molecule has 0 radical (unpaired) electrons. The topological polar surface area (TPSA) is 32.5 Å². The van der Waals surface area contributed by atoms with Gasteiger partial charge in [0.05, 0.1) is 18.0 Å². The molecule has 3 aromatic heterocycles. The Kier molecular flexibility index (Phi) is 4.56. The molecule has 0 bridgehead atoms. The summed E-state index contributed by atoms with van der Waals surface area (Å²) in [7, 11) is 0. The minimum Gasteiger partial charge on any atom is -0.440 e. The first-order valence-electron chi connectivity index (χ1n) is 21.0. The largest absolute Gasteiger partial charge is 0.440 e. The molecule has 2 aliphatic rings. The quantitative estimate of drug-likeness (QED) is 0.174. The molecule has 0 N–H and O–H groups in total. The van der Waals surface area contributed by atoms with Crippen LogP contribution in [0.25, 0.3) is 43.3 Å². The molecule has 0 aliphatic carbocycles. The van der Waals surface area contributed by atoms with Gasteiger partial charge in [-0.1, -0.05) is 96.9 Å². The average Bonchev–Trinajstić information content (AvgIpc) is 3.83. The minimum atomic E-state index is -0.456. The highest BCUT2D eigenvalue weighted by Gasteiger charge is 2.48. The number of thiophene rings is 1. The Balaban J connectivity index is 1.30. The maximum atomic E-state index is 9.06. The molecule has 0 amide bonds. The van der Waals surface area contributed by atoms with Crippen molar-refractivity contribution < 1.29 is 16.8 Å². The summed E-state index contributed by atoms with van der Waals surface area (Å²) in [4.78, 5) is 8.32. The number of aromatic nitrogens is 1. The van der Waals surface area contributed by atoms with Crippen LogP contribution in [0.2, 0.25) is 0 Å². The van der Waals surface area contributed by atoms with Gasteiger partial charge in [-0.15, -0.1) is 11.3 Å². The summed E-state index contributed by atoms with van der Waals surface area (Å²) in [6, 6.07) is 34.7. The fourth-order valence-electron chi connectivity index (χ4n) is 7.69. The normalized spacial score (nSPS) is 15.5. The molecule has 6 heteroatoms. The molecule has 6 aromatic carbocycles. The van der Waals surface area contributed by atoms with Crippen LogP contribution in [0, 0.1) is 0 Å². The van der Waals surface area contributed by atoms with Gasteiger partial charge in [-0.05, 0) is 82.8 Å². The lowest BCUT2D eigenvalue weighted by molar-refractivity contribution is 0.623. The summed E-state index contributed by atoms with van der Waals surface area (Å²) in [5.41, 5.74) is 7.73. The number of pyridine rings is 1. The fourth-order valence-corrected chi connectivity index (χ4v) is 8.98. The number of furan rings is 1. The molecule has 0 saturated carbocycles. The monoisotopic (exact) mass is 678 g/mol. The highest BCUT2D eigenvalue weighted by molar-refractivity contribution is 7.34. The zero-order valence-corrected chi connectivity index (χ0v) is 27.5. The molecule has 0 fully saturated rings. The maximum absolute atomic E-state index is 9.06. The second-order valence-electron chi connectivity index (χ2n) is 12.5. The summed E-state index contributed by atoms with van der Waals surface area (Å²) in [6.07, 6.45) is -0.732. The van der Waals surface area contributed by atoms with E-state index in [1.807, 2.05) is 109 Å². The molecule has 4 nitrogen and oxygen atoms in total. The van der Waals surface area contributed by atoms with Gasteiger partial charge in [0.2, 0.25) is 5.88 Å². The molecule has 0 atom stereocenters. The van der Waals surface area contributed by atoms with Gasteiger partial charge in [-0.25, -0.2) is 0 Å². The molecular weight excluding hydrogens is 641 g/mol. The highest BCUT2D eigenvalue weighted by atomic mass is 32.1. The van der Waals surface area contributed by atoms with Crippen LogP contribution in [0.5, 0.6) is 0 Å². The molecule has 238 valence electrons. The van der Waals surface area contributed by atoms with Crippen LogP contribution < -0.4 is 25.5 Å². The van der Waals surface area contributed by atoms with E-state index < -0.39 is 24.3 Å². The van der Waals surface area contributed by atoms with E-state index in [1.165, 1.54) is 0 Å². The molecule has 0 unspecified atom stereocenters. The Morgan fingerprint density at radius 3 is 2.12 bits per heavy atom. The van der Waals surface area contributed by atoms with Crippen molar-refractivity contribution in [2.24, 2.45) is 0 Å². The van der Waals surface area contributed by atoms with Crippen LogP contribution in [-0.4, -0.2) is 11.7 Å². The lowest BCUT2D eigenvalue weighted by atomic mass is 9.36. The maximum Gasteiger partial charge on any atom is 0.269 e. The van der Waals surface area contributed by atoms with Gasteiger partial charge in [-0.3, -0.25) is 9.88 Å². The average molecular weight is 679 g/mol. The summed E-state index contributed by atoms with van der Waals surface area (Å²) in [5, 5.41) is 1.74. The van der Waals surface area contributed by atoms with Gasteiger partial charge in [0.1, 0.15) is 5.58 Å². The summed E-state index contributed by atoms with van der Waals surface area (Å²) >= 11 is 1.62. The van der Waals surface area contributed by atoms with E-state index in [0.717, 1.165) is 59.6 Å². The van der Waals surface area contributed by atoms with Crippen LogP contribution in [-0.2, 0) is 0 Å². The minimum absolute atomic E-state index is 0.108. The van der Waals surface area contributed by atoms with Crippen molar-refractivity contribution in [1.29, 1.82) is 0 Å². The second kappa shape index (κ2) is 11.1. The number of para-hydroxylation sites is 3. The number of fused-ring (bicyclic) bond motifs is 8. The van der Waals surface area contributed by atoms with Gasteiger partial charge in [-0.2, -0.15) is 0 Å². The summed E-state index contributed by atoms with van der Waals surface area (Å²) < 4.78 is 86.4. The lowest BCUT2D eigenvalue weighted by Gasteiger charge is -2.41. The van der Waals surface area contributed by atoms with E-state index in [-0.39, 0.29) is 48.2 Å². The molecule has 51 heavy (non-hydrogen) atoms. The molecule has 0 saturated heterocycles. The standard InChI is InChI=1S/C45H28BN3OS/c1-4-13-29(14-5-1)30-22-23-40-36(25-30)43-44(51-40)46-41-35-20-10-11-21-39(35)50-45(41)49(34-18-8-3-9-19-34)38-27-32(31-15-12-24-47-28-31)26-37(42(38)46)48(43)33-16-6-2-7-17-33/h1-28H/i1D,4D,5D,12D,13D,14D,15D,24D,28D. The number of nitrogens with zero attached hydrogens (tertiary/aromatic N) is 3. The number of benzene rings is 6. The van der Waals surface area contributed by atoms with Crippen molar-refractivity contribution in [3.05, 3.63) is 170 Å². The number of hydrogen-bond acceptors (Lipinski definition) is 5. The van der Waals surface area contributed by atoms with Gasteiger partial charge in [0.25, 0.3) is 6.71 Å². The van der Waals surface area contributed by atoms with Crippen LogP contribution in [0.1, 0.15) is 12.3 Å². The molecule has 0 spiro atoms. The molecule has 11 rings (SSSR count). The van der Waals surface area contributed by atoms with Crippen molar-refractivity contribution in [1.82, 2.24) is 4.98 Å². The van der Waals surface area contributed by atoms with Gasteiger partial charge in [0.15, 0.2) is 0 Å². The van der Waals surface area contributed by atoms with Crippen molar-refractivity contribution >= 4 is 89.1 Å². The van der Waals surface area contributed by atoms with Crippen LogP contribution in [0.15, 0.2) is 174 Å². The summed E-state index contributed by atoms with van der Waals surface area (Å²) in [5.74, 6) is 0.609. The van der Waals surface area contributed by atoms with Crippen molar-refractivity contribution in [2.45, 2.75) is 0 Å².